The summed E-state index contributed by atoms with van der Waals surface area (Å²) in [5, 5.41) is 0. The van der Waals surface area contributed by atoms with Crippen molar-refractivity contribution < 1.29 is 9.53 Å². The molecule has 0 aromatic heterocycles. The number of benzene rings is 2. The van der Waals surface area contributed by atoms with Crippen molar-refractivity contribution in [3.05, 3.63) is 65.7 Å². The van der Waals surface area contributed by atoms with Crippen LogP contribution in [0.25, 0.3) is 0 Å². The Bertz CT molecular complexity index is 670. The highest BCUT2D eigenvalue weighted by molar-refractivity contribution is 5.78. The Hall–Kier alpha value is -2.33. The zero-order valence-electron chi connectivity index (χ0n) is 14.3. The van der Waals surface area contributed by atoms with E-state index in [0.717, 1.165) is 18.8 Å². The van der Waals surface area contributed by atoms with Crippen LogP contribution in [0.3, 0.4) is 0 Å². The quantitative estimate of drug-likeness (QED) is 0.867. The first kappa shape index (κ1) is 16.5. The Morgan fingerprint density at radius 3 is 2.50 bits per heavy atom. The molecule has 1 unspecified atom stereocenters. The maximum atomic E-state index is 12.5. The molecule has 2 aromatic carbocycles. The number of piperazine rings is 1. The van der Waals surface area contributed by atoms with Gasteiger partial charge >= 0.3 is 0 Å². The number of hydrogen-bond acceptors (Lipinski definition) is 3. The molecule has 1 aliphatic rings. The zero-order valence-corrected chi connectivity index (χ0v) is 14.3. The molecule has 0 N–H and O–H groups in total. The third kappa shape index (κ3) is 3.95. The smallest absolute Gasteiger partial charge is 0.260 e. The van der Waals surface area contributed by atoms with Gasteiger partial charge in [0.15, 0.2) is 6.61 Å². The zero-order chi connectivity index (χ0) is 16.9. The van der Waals surface area contributed by atoms with Crippen molar-refractivity contribution >= 4 is 5.91 Å². The lowest BCUT2D eigenvalue weighted by Crippen LogP contribution is -2.50. The number of carbonyl (C=O) groups is 1. The van der Waals surface area contributed by atoms with Gasteiger partial charge in [0, 0.05) is 19.6 Å². The highest BCUT2D eigenvalue weighted by atomic mass is 16.5. The average molecular weight is 324 g/mol. The Kier molecular flexibility index (Phi) is 5.16. The SMILES string of the molecule is Cc1ccc(OCC(=O)N2CCN(C)C(c3ccccc3)C2)cc1. The third-order valence-electron chi connectivity index (χ3n) is 4.57. The van der Waals surface area contributed by atoms with Gasteiger partial charge in [0.05, 0.1) is 6.04 Å². The lowest BCUT2D eigenvalue weighted by atomic mass is 10.0. The Morgan fingerprint density at radius 2 is 1.79 bits per heavy atom. The molecular formula is C20H24N2O2. The van der Waals surface area contributed by atoms with Crippen LogP contribution in [0.5, 0.6) is 5.75 Å². The maximum absolute atomic E-state index is 12.5. The van der Waals surface area contributed by atoms with Crippen molar-refractivity contribution in [3.8, 4) is 5.75 Å². The fraction of sp³-hybridized carbons (Fsp3) is 0.350. The number of hydrogen-bond donors (Lipinski definition) is 0. The lowest BCUT2D eigenvalue weighted by Gasteiger charge is -2.39. The van der Waals surface area contributed by atoms with Crippen molar-refractivity contribution in [2.24, 2.45) is 0 Å². The van der Waals surface area contributed by atoms with Crippen LogP contribution in [0, 0.1) is 6.92 Å². The standard InChI is InChI=1S/C20H24N2O2/c1-16-8-10-18(11-9-16)24-15-20(23)22-13-12-21(2)19(14-22)17-6-4-3-5-7-17/h3-11,19H,12-15H2,1-2H3. The molecule has 0 radical (unpaired) electrons. The van der Waals surface area contributed by atoms with Gasteiger partial charge in [-0.2, -0.15) is 0 Å². The number of amides is 1. The Balaban J connectivity index is 1.59. The fourth-order valence-electron chi connectivity index (χ4n) is 3.01. The highest BCUT2D eigenvalue weighted by Gasteiger charge is 2.28. The molecule has 0 aliphatic carbocycles. The second-order valence-electron chi connectivity index (χ2n) is 6.35. The minimum atomic E-state index is 0.0459. The largest absolute Gasteiger partial charge is 0.484 e. The van der Waals surface area contributed by atoms with Gasteiger partial charge in [0.25, 0.3) is 5.91 Å². The molecule has 4 heteroatoms. The second-order valence-corrected chi connectivity index (χ2v) is 6.35. The van der Waals surface area contributed by atoms with Crippen LogP contribution in [0.2, 0.25) is 0 Å². The minimum Gasteiger partial charge on any atom is -0.484 e. The van der Waals surface area contributed by atoms with Gasteiger partial charge < -0.3 is 9.64 Å². The number of ether oxygens (including phenoxy) is 1. The monoisotopic (exact) mass is 324 g/mol. The van der Waals surface area contributed by atoms with E-state index < -0.39 is 0 Å². The van der Waals surface area contributed by atoms with Crippen LogP contribution in [0.4, 0.5) is 0 Å². The van der Waals surface area contributed by atoms with Crippen LogP contribution in [-0.2, 0) is 4.79 Å². The summed E-state index contributed by atoms with van der Waals surface area (Å²) < 4.78 is 5.64. The summed E-state index contributed by atoms with van der Waals surface area (Å²) in [6.45, 7) is 4.44. The maximum Gasteiger partial charge on any atom is 0.260 e. The molecule has 0 bridgehead atoms. The van der Waals surface area contributed by atoms with Gasteiger partial charge in [-0.1, -0.05) is 48.0 Å². The lowest BCUT2D eigenvalue weighted by molar-refractivity contribution is -0.136. The number of rotatable bonds is 4. The Morgan fingerprint density at radius 1 is 1.08 bits per heavy atom. The Labute approximate surface area is 143 Å². The molecule has 2 aromatic rings. The van der Waals surface area contributed by atoms with Crippen molar-refractivity contribution in [3.63, 3.8) is 0 Å². The van der Waals surface area contributed by atoms with E-state index in [4.69, 9.17) is 4.74 Å². The van der Waals surface area contributed by atoms with Gasteiger partial charge in [-0.15, -0.1) is 0 Å². The van der Waals surface area contributed by atoms with Crippen molar-refractivity contribution in [2.45, 2.75) is 13.0 Å². The third-order valence-corrected chi connectivity index (χ3v) is 4.57. The topological polar surface area (TPSA) is 32.8 Å². The summed E-state index contributed by atoms with van der Waals surface area (Å²) in [5.74, 6) is 0.785. The van der Waals surface area contributed by atoms with Crippen LogP contribution < -0.4 is 4.74 Å². The molecule has 1 amide bonds. The number of carbonyl (C=O) groups excluding carboxylic acids is 1. The molecule has 1 aliphatic heterocycles. The van der Waals surface area contributed by atoms with Crippen LogP contribution >= 0.6 is 0 Å². The molecule has 24 heavy (non-hydrogen) atoms. The summed E-state index contributed by atoms with van der Waals surface area (Å²) in [7, 11) is 2.11. The van der Waals surface area contributed by atoms with E-state index in [0.29, 0.717) is 6.54 Å². The van der Waals surface area contributed by atoms with E-state index in [-0.39, 0.29) is 18.6 Å². The van der Waals surface area contributed by atoms with Gasteiger partial charge in [0.2, 0.25) is 0 Å². The molecule has 1 fully saturated rings. The van der Waals surface area contributed by atoms with Gasteiger partial charge in [-0.05, 0) is 31.7 Å². The fourth-order valence-corrected chi connectivity index (χ4v) is 3.01. The summed E-state index contributed by atoms with van der Waals surface area (Å²) in [6, 6.07) is 18.4. The predicted molar refractivity (Wildman–Crippen MR) is 95.1 cm³/mol. The average Bonchev–Trinajstić information content (AvgIpc) is 2.62. The molecule has 1 heterocycles. The molecule has 1 atom stereocenters. The van der Waals surface area contributed by atoms with E-state index in [2.05, 4.69) is 24.1 Å². The van der Waals surface area contributed by atoms with Crippen molar-refractivity contribution in [2.75, 3.05) is 33.3 Å². The van der Waals surface area contributed by atoms with E-state index in [1.165, 1.54) is 11.1 Å². The number of aryl methyl sites for hydroxylation is 1. The first-order chi connectivity index (χ1) is 11.6. The normalized spacial score (nSPS) is 18.4. The molecular weight excluding hydrogens is 300 g/mol. The summed E-state index contributed by atoms with van der Waals surface area (Å²) in [5.41, 5.74) is 2.43. The first-order valence-electron chi connectivity index (χ1n) is 8.36. The predicted octanol–water partition coefficient (Wildman–Crippen LogP) is 2.89. The highest BCUT2D eigenvalue weighted by Crippen LogP contribution is 2.24. The summed E-state index contributed by atoms with van der Waals surface area (Å²) in [6.07, 6.45) is 0. The van der Waals surface area contributed by atoms with E-state index in [1.807, 2.05) is 54.3 Å². The molecule has 1 saturated heterocycles. The van der Waals surface area contributed by atoms with Crippen LogP contribution in [-0.4, -0.2) is 49.0 Å². The van der Waals surface area contributed by atoms with Gasteiger partial charge in [-0.3, -0.25) is 9.69 Å². The molecule has 126 valence electrons. The van der Waals surface area contributed by atoms with E-state index >= 15 is 0 Å². The molecule has 0 spiro atoms. The van der Waals surface area contributed by atoms with Crippen LogP contribution in [0.15, 0.2) is 54.6 Å². The van der Waals surface area contributed by atoms with Gasteiger partial charge in [-0.25, -0.2) is 0 Å². The minimum absolute atomic E-state index is 0.0459. The molecule has 0 saturated carbocycles. The first-order valence-corrected chi connectivity index (χ1v) is 8.36. The summed E-state index contributed by atoms with van der Waals surface area (Å²) >= 11 is 0. The van der Waals surface area contributed by atoms with Gasteiger partial charge in [0.1, 0.15) is 5.75 Å². The number of nitrogens with zero attached hydrogens (tertiary/aromatic N) is 2. The molecule has 3 rings (SSSR count). The summed E-state index contributed by atoms with van der Waals surface area (Å²) in [4.78, 5) is 16.7. The second kappa shape index (κ2) is 7.49. The van der Waals surface area contributed by atoms with E-state index in [1.54, 1.807) is 0 Å². The van der Waals surface area contributed by atoms with Crippen molar-refractivity contribution in [1.29, 1.82) is 0 Å². The van der Waals surface area contributed by atoms with Crippen molar-refractivity contribution in [1.82, 2.24) is 9.80 Å². The molecule has 4 nitrogen and oxygen atoms in total. The van der Waals surface area contributed by atoms with Crippen LogP contribution in [0.1, 0.15) is 17.2 Å². The number of likely N-dealkylation sites (N-methyl/N-ethyl adjacent to an activating group) is 1. The van der Waals surface area contributed by atoms with E-state index in [9.17, 15) is 4.79 Å².